The Morgan fingerprint density at radius 2 is 1.95 bits per heavy atom. The molecule has 0 bridgehead atoms. The van der Waals surface area contributed by atoms with Gasteiger partial charge in [-0.15, -0.1) is 11.3 Å². The highest BCUT2D eigenvalue weighted by atomic mass is 32.1. The molecule has 0 radical (unpaired) electrons. The standard InChI is InChI=1S/C15H20N2OS/c1-4-15(16,5-2)14-17-12(10-19-14)11-8-6-7-9-13(11)18-3/h6-10H,4-5,16H2,1-3H3. The molecule has 0 unspecified atom stereocenters. The first kappa shape index (κ1) is 14.0. The Balaban J connectivity index is 2.41. The number of ether oxygens (including phenoxy) is 1. The normalized spacial score (nSPS) is 11.6. The molecule has 0 spiro atoms. The second-order valence-corrected chi connectivity index (χ2v) is 5.46. The molecular formula is C15H20N2OS. The van der Waals surface area contributed by atoms with Crippen molar-refractivity contribution in [3.05, 3.63) is 34.7 Å². The van der Waals surface area contributed by atoms with Crippen molar-refractivity contribution in [3.8, 4) is 17.0 Å². The fourth-order valence-electron chi connectivity index (χ4n) is 2.03. The number of hydrogen-bond donors (Lipinski definition) is 1. The molecule has 0 fully saturated rings. The summed E-state index contributed by atoms with van der Waals surface area (Å²) in [4.78, 5) is 4.72. The van der Waals surface area contributed by atoms with E-state index in [0.29, 0.717) is 0 Å². The minimum atomic E-state index is -0.315. The third kappa shape index (κ3) is 2.65. The van der Waals surface area contributed by atoms with Crippen molar-refractivity contribution in [3.63, 3.8) is 0 Å². The summed E-state index contributed by atoms with van der Waals surface area (Å²) in [5.41, 5.74) is 8.04. The summed E-state index contributed by atoms with van der Waals surface area (Å²) in [6, 6.07) is 7.92. The lowest BCUT2D eigenvalue weighted by Crippen LogP contribution is -2.34. The third-order valence-electron chi connectivity index (χ3n) is 3.57. The zero-order chi connectivity index (χ0) is 13.9. The van der Waals surface area contributed by atoms with E-state index in [1.807, 2.05) is 24.3 Å². The number of methoxy groups -OCH3 is 1. The molecule has 0 atom stereocenters. The Hall–Kier alpha value is -1.39. The molecule has 0 saturated heterocycles. The smallest absolute Gasteiger partial charge is 0.128 e. The first-order chi connectivity index (χ1) is 9.14. The van der Waals surface area contributed by atoms with Gasteiger partial charge in [-0.1, -0.05) is 26.0 Å². The van der Waals surface area contributed by atoms with Gasteiger partial charge in [0.2, 0.25) is 0 Å². The lowest BCUT2D eigenvalue weighted by molar-refractivity contribution is 0.410. The van der Waals surface area contributed by atoms with Crippen LogP contribution in [0.15, 0.2) is 29.6 Å². The maximum absolute atomic E-state index is 6.40. The first-order valence-electron chi connectivity index (χ1n) is 6.53. The lowest BCUT2D eigenvalue weighted by atomic mass is 9.95. The van der Waals surface area contributed by atoms with Crippen molar-refractivity contribution < 1.29 is 4.74 Å². The van der Waals surface area contributed by atoms with Gasteiger partial charge in [-0.05, 0) is 25.0 Å². The van der Waals surface area contributed by atoms with Crippen LogP contribution in [0.3, 0.4) is 0 Å². The van der Waals surface area contributed by atoms with E-state index >= 15 is 0 Å². The fraction of sp³-hybridized carbons (Fsp3) is 0.400. The number of aromatic nitrogens is 1. The van der Waals surface area contributed by atoms with Crippen molar-refractivity contribution in [2.45, 2.75) is 32.2 Å². The van der Waals surface area contributed by atoms with E-state index in [0.717, 1.165) is 34.9 Å². The summed E-state index contributed by atoms with van der Waals surface area (Å²) in [6.07, 6.45) is 1.78. The summed E-state index contributed by atoms with van der Waals surface area (Å²) in [5, 5.41) is 3.05. The molecule has 1 aromatic heterocycles. The highest BCUT2D eigenvalue weighted by Crippen LogP contribution is 2.34. The molecule has 4 heteroatoms. The van der Waals surface area contributed by atoms with Crippen molar-refractivity contribution >= 4 is 11.3 Å². The molecule has 0 aliphatic rings. The molecule has 102 valence electrons. The van der Waals surface area contributed by atoms with Gasteiger partial charge in [0.15, 0.2) is 0 Å². The third-order valence-corrected chi connectivity index (χ3v) is 4.64. The summed E-state index contributed by atoms with van der Waals surface area (Å²) < 4.78 is 5.38. The van der Waals surface area contributed by atoms with Crippen molar-refractivity contribution in [2.24, 2.45) is 5.73 Å². The Kier molecular flexibility index (Phi) is 4.22. The van der Waals surface area contributed by atoms with Crippen LogP contribution in [0, 0.1) is 0 Å². The number of para-hydroxylation sites is 1. The zero-order valence-electron chi connectivity index (χ0n) is 11.6. The average Bonchev–Trinajstić information content (AvgIpc) is 2.96. The minimum Gasteiger partial charge on any atom is -0.496 e. The Morgan fingerprint density at radius 1 is 1.26 bits per heavy atom. The molecule has 0 aliphatic heterocycles. The van der Waals surface area contributed by atoms with Crippen LogP contribution in [0.2, 0.25) is 0 Å². The van der Waals surface area contributed by atoms with Gasteiger partial charge in [0.1, 0.15) is 10.8 Å². The molecular weight excluding hydrogens is 256 g/mol. The topological polar surface area (TPSA) is 48.1 Å². The lowest BCUT2D eigenvalue weighted by Gasteiger charge is -2.23. The molecule has 0 amide bonds. The van der Waals surface area contributed by atoms with Crippen LogP contribution < -0.4 is 10.5 Å². The Labute approximate surface area is 118 Å². The van der Waals surface area contributed by atoms with Crippen LogP contribution in [0.5, 0.6) is 5.75 Å². The van der Waals surface area contributed by atoms with Gasteiger partial charge >= 0.3 is 0 Å². The predicted octanol–water partition coefficient (Wildman–Crippen LogP) is 3.79. The van der Waals surface area contributed by atoms with Crippen molar-refractivity contribution in [2.75, 3.05) is 7.11 Å². The molecule has 1 aromatic carbocycles. The zero-order valence-corrected chi connectivity index (χ0v) is 12.5. The largest absolute Gasteiger partial charge is 0.496 e. The quantitative estimate of drug-likeness (QED) is 0.903. The highest BCUT2D eigenvalue weighted by Gasteiger charge is 2.27. The van der Waals surface area contributed by atoms with Gasteiger partial charge in [-0.2, -0.15) is 0 Å². The number of rotatable bonds is 5. The second kappa shape index (κ2) is 5.72. The molecule has 3 nitrogen and oxygen atoms in total. The van der Waals surface area contributed by atoms with E-state index in [2.05, 4.69) is 19.2 Å². The summed E-state index contributed by atoms with van der Waals surface area (Å²) in [7, 11) is 1.68. The minimum absolute atomic E-state index is 0.315. The monoisotopic (exact) mass is 276 g/mol. The SMILES string of the molecule is CCC(N)(CC)c1nc(-c2ccccc2OC)cs1. The second-order valence-electron chi connectivity index (χ2n) is 4.60. The van der Waals surface area contributed by atoms with Crippen LogP contribution in [0.1, 0.15) is 31.7 Å². The summed E-state index contributed by atoms with van der Waals surface area (Å²) in [6.45, 7) is 4.21. The summed E-state index contributed by atoms with van der Waals surface area (Å²) in [5.74, 6) is 0.843. The van der Waals surface area contributed by atoms with E-state index in [-0.39, 0.29) is 5.54 Å². The Bertz CT molecular complexity index is 547. The number of hydrogen-bond acceptors (Lipinski definition) is 4. The van der Waals surface area contributed by atoms with Crippen molar-refractivity contribution in [1.82, 2.24) is 4.98 Å². The van der Waals surface area contributed by atoms with Crippen LogP contribution >= 0.6 is 11.3 Å². The van der Waals surface area contributed by atoms with E-state index in [9.17, 15) is 0 Å². The van der Waals surface area contributed by atoms with Gasteiger partial charge < -0.3 is 10.5 Å². The van der Waals surface area contributed by atoms with Crippen molar-refractivity contribution in [1.29, 1.82) is 0 Å². The number of thiazole rings is 1. The van der Waals surface area contributed by atoms with Crippen LogP contribution in [0.4, 0.5) is 0 Å². The van der Waals surface area contributed by atoms with Gasteiger partial charge in [0.25, 0.3) is 0 Å². The molecule has 19 heavy (non-hydrogen) atoms. The molecule has 2 aromatic rings. The van der Waals surface area contributed by atoms with Gasteiger partial charge in [0, 0.05) is 10.9 Å². The maximum atomic E-state index is 6.40. The van der Waals surface area contributed by atoms with Gasteiger partial charge in [-0.3, -0.25) is 0 Å². The first-order valence-corrected chi connectivity index (χ1v) is 7.41. The van der Waals surface area contributed by atoms with E-state index in [1.165, 1.54) is 0 Å². The molecule has 0 aliphatic carbocycles. The highest BCUT2D eigenvalue weighted by molar-refractivity contribution is 7.10. The molecule has 2 rings (SSSR count). The Morgan fingerprint density at radius 3 is 2.58 bits per heavy atom. The maximum Gasteiger partial charge on any atom is 0.128 e. The fourth-order valence-corrected chi connectivity index (χ4v) is 3.11. The summed E-state index contributed by atoms with van der Waals surface area (Å²) >= 11 is 1.63. The van der Waals surface area contributed by atoms with Crippen LogP contribution in [-0.4, -0.2) is 12.1 Å². The van der Waals surface area contributed by atoms with E-state index < -0.39 is 0 Å². The predicted molar refractivity (Wildman–Crippen MR) is 80.5 cm³/mol. The van der Waals surface area contributed by atoms with Crippen LogP contribution in [0.25, 0.3) is 11.3 Å². The number of nitrogens with zero attached hydrogens (tertiary/aromatic N) is 1. The van der Waals surface area contributed by atoms with Crippen LogP contribution in [-0.2, 0) is 5.54 Å². The van der Waals surface area contributed by atoms with E-state index in [1.54, 1.807) is 18.4 Å². The van der Waals surface area contributed by atoms with Gasteiger partial charge in [0.05, 0.1) is 18.3 Å². The molecule has 2 N–H and O–H groups in total. The molecule has 1 heterocycles. The average molecular weight is 276 g/mol. The number of nitrogens with two attached hydrogens (primary N) is 1. The van der Waals surface area contributed by atoms with E-state index in [4.69, 9.17) is 15.5 Å². The number of benzene rings is 1. The van der Waals surface area contributed by atoms with Gasteiger partial charge in [-0.25, -0.2) is 4.98 Å². The molecule has 0 saturated carbocycles.